The molecule has 3 rings (SSSR count). The van der Waals surface area contributed by atoms with E-state index in [2.05, 4.69) is 0 Å². The van der Waals surface area contributed by atoms with Crippen LogP contribution in [0.5, 0.6) is 0 Å². The maximum Gasteiger partial charge on any atom is 0.190 e. The Kier molecular flexibility index (Phi) is 4.63. The molecule has 0 spiro atoms. The van der Waals surface area contributed by atoms with Crippen molar-refractivity contribution in [3.05, 3.63) is 12.2 Å². The fourth-order valence-electron chi connectivity index (χ4n) is 3.02. The molecule has 0 amide bonds. The largest absolute Gasteiger partial charge is 0.392 e. The highest BCUT2D eigenvalue weighted by Gasteiger charge is 2.55. The third-order valence-electron chi connectivity index (χ3n) is 3.90. The van der Waals surface area contributed by atoms with Gasteiger partial charge in [0.15, 0.2) is 18.4 Å². The number of fused-ring (bicyclic) bond motifs is 1. The lowest BCUT2D eigenvalue weighted by atomic mass is 10.1. The van der Waals surface area contributed by atoms with Crippen LogP contribution in [0.1, 0.15) is 33.1 Å². The fourth-order valence-corrected chi connectivity index (χ4v) is 3.02. The van der Waals surface area contributed by atoms with Crippen molar-refractivity contribution in [1.29, 1.82) is 0 Å². The highest BCUT2D eigenvalue weighted by Crippen LogP contribution is 2.40. The number of rotatable bonds is 4. The van der Waals surface area contributed by atoms with Gasteiger partial charge in [-0.05, 0) is 33.1 Å². The molecule has 3 saturated heterocycles. The summed E-state index contributed by atoms with van der Waals surface area (Å²) in [7, 11) is 0. The standard InChI is InChI=1S/C15H24O6/c1-15(2)20-12-10(6-5-8-16)18-14(13(12)21-15)19-11-7-3-4-9-17-11/h5-6,10-14,16H,3-4,7-9H2,1-2H3/b6-5+/t10-,11?,12-,13-,14+/m1/s1. The van der Waals surface area contributed by atoms with Crippen molar-refractivity contribution < 1.29 is 28.8 Å². The zero-order chi connectivity index (χ0) is 14.9. The van der Waals surface area contributed by atoms with Crippen LogP contribution in [0.4, 0.5) is 0 Å². The maximum atomic E-state index is 8.93. The molecule has 0 aliphatic carbocycles. The highest BCUT2D eigenvalue weighted by atomic mass is 16.8. The predicted octanol–water partition coefficient (Wildman–Crippen LogP) is 1.32. The third kappa shape index (κ3) is 3.47. The van der Waals surface area contributed by atoms with Crippen LogP contribution in [0.2, 0.25) is 0 Å². The zero-order valence-corrected chi connectivity index (χ0v) is 12.6. The van der Waals surface area contributed by atoms with Crippen molar-refractivity contribution in [2.45, 2.75) is 69.8 Å². The second-order valence-electron chi connectivity index (χ2n) is 6.08. The Hall–Kier alpha value is -0.500. The predicted molar refractivity (Wildman–Crippen MR) is 73.4 cm³/mol. The summed E-state index contributed by atoms with van der Waals surface area (Å²) >= 11 is 0. The van der Waals surface area contributed by atoms with E-state index < -0.39 is 12.1 Å². The smallest absolute Gasteiger partial charge is 0.190 e. The quantitative estimate of drug-likeness (QED) is 0.790. The number of hydrogen-bond donors (Lipinski definition) is 1. The van der Waals surface area contributed by atoms with E-state index in [-0.39, 0.29) is 31.2 Å². The van der Waals surface area contributed by atoms with Gasteiger partial charge in [0.25, 0.3) is 0 Å². The van der Waals surface area contributed by atoms with Crippen molar-refractivity contribution in [3.8, 4) is 0 Å². The van der Waals surface area contributed by atoms with E-state index in [0.717, 1.165) is 25.9 Å². The summed E-state index contributed by atoms with van der Waals surface area (Å²) in [6, 6.07) is 0. The van der Waals surface area contributed by atoms with Gasteiger partial charge in [-0.25, -0.2) is 0 Å². The van der Waals surface area contributed by atoms with E-state index in [9.17, 15) is 0 Å². The third-order valence-corrected chi connectivity index (χ3v) is 3.90. The van der Waals surface area contributed by atoms with Crippen LogP contribution >= 0.6 is 0 Å². The van der Waals surface area contributed by atoms with Gasteiger partial charge in [-0.2, -0.15) is 0 Å². The summed E-state index contributed by atoms with van der Waals surface area (Å²) in [5, 5.41) is 8.93. The van der Waals surface area contributed by atoms with Crippen molar-refractivity contribution in [3.63, 3.8) is 0 Å². The van der Waals surface area contributed by atoms with E-state index in [1.807, 2.05) is 13.8 Å². The molecule has 0 saturated carbocycles. The monoisotopic (exact) mass is 300 g/mol. The first-order valence-electron chi connectivity index (χ1n) is 7.65. The zero-order valence-electron chi connectivity index (χ0n) is 12.6. The molecule has 120 valence electrons. The Morgan fingerprint density at radius 1 is 1.24 bits per heavy atom. The Morgan fingerprint density at radius 2 is 2.05 bits per heavy atom. The molecule has 3 heterocycles. The summed E-state index contributed by atoms with van der Waals surface area (Å²) in [5.74, 6) is -0.653. The Balaban J connectivity index is 1.67. The van der Waals surface area contributed by atoms with Gasteiger partial charge >= 0.3 is 0 Å². The number of ether oxygens (including phenoxy) is 5. The normalized spacial score (nSPS) is 42.5. The molecule has 0 aromatic heterocycles. The summed E-state index contributed by atoms with van der Waals surface area (Å²) in [4.78, 5) is 0. The Labute approximate surface area is 125 Å². The van der Waals surface area contributed by atoms with Crippen LogP contribution in [0.15, 0.2) is 12.2 Å². The van der Waals surface area contributed by atoms with Crippen LogP contribution in [0.25, 0.3) is 0 Å². The number of aliphatic hydroxyl groups is 1. The van der Waals surface area contributed by atoms with Crippen LogP contribution < -0.4 is 0 Å². The molecular weight excluding hydrogens is 276 g/mol. The summed E-state index contributed by atoms with van der Waals surface area (Å²) in [6.07, 6.45) is 4.97. The first-order valence-corrected chi connectivity index (χ1v) is 7.65. The molecular formula is C15H24O6. The second-order valence-corrected chi connectivity index (χ2v) is 6.08. The Bertz CT molecular complexity index is 376. The molecule has 6 heteroatoms. The highest BCUT2D eigenvalue weighted by molar-refractivity contribution is 5.04. The Morgan fingerprint density at radius 3 is 2.76 bits per heavy atom. The van der Waals surface area contributed by atoms with Crippen molar-refractivity contribution in [2.75, 3.05) is 13.2 Å². The van der Waals surface area contributed by atoms with Crippen molar-refractivity contribution in [2.24, 2.45) is 0 Å². The van der Waals surface area contributed by atoms with Gasteiger partial charge in [-0.1, -0.05) is 12.2 Å². The topological polar surface area (TPSA) is 66.4 Å². The first-order chi connectivity index (χ1) is 10.1. The summed E-state index contributed by atoms with van der Waals surface area (Å²) in [5.41, 5.74) is 0. The van der Waals surface area contributed by atoms with Gasteiger partial charge in [0, 0.05) is 6.61 Å². The average molecular weight is 300 g/mol. The molecule has 3 aliphatic rings. The summed E-state index contributed by atoms with van der Waals surface area (Å²) in [6.45, 7) is 4.46. The number of hydrogen-bond acceptors (Lipinski definition) is 6. The minimum atomic E-state index is -0.653. The lowest BCUT2D eigenvalue weighted by Crippen LogP contribution is -2.36. The molecule has 1 N–H and O–H groups in total. The molecule has 6 nitrogen and oxygen atoms in total. The molecule has 21 heavy (non-hydrogen) atoms. The van der Waals surface area contributed by atoms with Crippen LogP contribution in [-0.2, 0) is 23.7 Å². The molecule has 3 fully saturated rings. The fraction of sp³-hybridized carbons (Fsp3) is 0.867. The van der Waals surface area contributed by atoms with Crippen LogP contribution in [0.3, 0.4) is 0 Å². The van der Waals surface area contributed by atoms with Crippen molar-refractivity contribution in [1.82, 2.24) is 0 Å². The number of aliphatic hydroxyl groups excluding tert-OH is 1. The van der Waals surface area contributed by atoms with E-state index in [1.54, 1.807) is 12.2 Å². The molecule has 0 aromatic rings. The van der Waals surface area contributed by atoms with E-state index in [0.29, 0.717) is 0 Å². The minimum absolute atomic E-state index is 0.0290. The van der Waals surface area contributed by atoms with Crippen LogP contribution in [0, 0.1) is 0 Å². The van der Waals surface area contributed by atoms with Gasteiger partial charge in [0.2, 0.25) is 0 Å². The minimum Gasteiger partial charge on any atom is -0.392 e. The molecule has 0 bridgehead atoms. The second kappa shape index (κ2) is 6.32. The first kappa shape index (κ1) is 15.4. The van der Waals surface area contributed by atoms with Gasteiger partial charge < -0.3 is 28.8 Å². The molecule has 0 aromatic carbocycles. The van der Waals surface area contributed by atoms with Crippen molar-refractivity contribution >= 4 is 0 Å². The lowest BCUT2D eigenvalue weighted by Gasteiger charge is -2.28. The SMILES string of the molecule is CC1(C)O[C@H]2[C@H](OC3CCCCO3)O[C@H](/C=C/CO)[C@H]2O1. The van der Waals surface area contributed by atoms with Gasteiger partial charge in [-0.15, -0.1) is 0 Å². The lowest BCUT2D eigenvalue weighted by molar-refractivity contribution is -0.284. The van der Waals surface area contributed by atoms with E-state index in [4.69, 9.17) is 28.8 Å². The van der Waals surface area contributed by atoms with E-state index in [1.165, 1.54) is 0 Å². The molecule has 5 atom stereocenters. The van der Waals surface area contributed by atoms with E-state index >= 15 is 0 Å². The maximum absolute atomic E-state index is 8.93. The molecule has 3 aliphatic heterocycles. The average Bonchev–Trinajstić information content (AvgIpc) is 2.93. The summed E-state index contributed by atoms with van der Waals surface area (Å²) < 4.78 is 29.2. The van der Waals surface area contributed by atoms with Gasteiger partial charge in [0.1, 0.15) is 18.3 Å². The molecule has 1 unspecified atom stereocenters. The molecule has 0 radical (unpaired) electrons. The van der Waals surface area contributed by atoms with Crippen LogP contribution in [-0.4, -0.2) is 55.0 Å². The van der Waals surface area contributed by atoms with Gasteiger partial charge in [0.05, 0.1) is 6.61 Å². The van der Waals surface area contributed by atoms with Gasteiger partial charge in [-0.3, -0.25) is 0 Å².